The highest BCUT2D eigenvalue weighted by atomic mass is 16.5. The van der Waals surface area contributed by atoms with Crippen LogP contribution in [0.3, 0.4) is 0 Å². The third-order valence-electron chi connectivity index (χ3n) is 5.43. The predicted molar refractivity (Wildman–Crippen MR) is 344 cm³/mol. The molecule has 0 aliphatic rings. The molecule has 2 aromatic rings. The molecule has 0 radical (unpaired) electrons. The van der Waals surface area contributed by atoms with Crippen LogP contribution in [0.4, 0.5) is 0 Å². The van der Waals surface area contributed by atoms with Gasteiger partial charge in [0, 0.05) is 228 Å². The minimum absolute atomic E-state index is 0. The molecule has 6 nitrogen and oxygen atoms in total. The zero-order valence-electron chi connectivity index (χ0n) is 34.1. The number of carbonyl (C=O) groups is 2. The van der Waals surface area contributed by atoms with Gasteiger partial charge in [0.2, 0.25) is 0 Å². The lowest BCUT2D eigenvalue weighted by molar-refractivity contribution is 0.100. The Morgan fingerprint density at radius 3 is 0.788 bits per heavy atom. The van der Waals surface area contributed by atoms with Crippen LogP contribution in [0.2, 0.25) is 0 Å². The third-order valence-corrected chi connectivity index (χ3v) is 5.43. The molecule has 0 spiro atoms. The fourth-order valence-corrected chi connectivity index (χ4v) is 3.05. The van der Waals surface area contributed by atoms with Crippen LogP contribution >= 0.6 is 0 Å². The van der Waals surface area contributed by atoms with E-state index in [1.54, 1.807) is 0 Å². The van der Waals surface area contributed by atoms with Crippen molar-refractivity contribution in [2.24, 2.45) is 0 Å². The Balaban J connectivity index is -0.0000000175. The molecule has 0 unspecified atom stereocenters. The van der Waals surface area contributed by atoms with Crippen molar-refractivity contribution in [2.75, 3.05) is 0 Å². The van der Waals surface area contributed by atoms with Crippen LogP contribution in [0.5, 0.6) is 23.0 Å². The van der Waals surface area contributed by atoms with Gasteiger partial charge in [-0.15, -0.1) is 12.8 Å². The fourth-order valence-electron chi connectivity index (χ4n) is 3.05. The SMILES string of the molecule is C#CC#CC#CC#CC#CC#CC#CC#CC#CC#CC#COc1cc(OC#CC#CC#CC#CC#CC#CC#CC#CC#CC#CC#C)cc(C(C)=O)c1.CC(=O)c1cc(O)cc(O)c1.[HH].[HH].[HH].[HH].[HH].[HH].[HH].[HH].[HH].[HH].[HH].[HH].[HH].[HH].[HH].[HH].[HH].[HH].[HH].[HH].[HH].[HH].[HH].[HH].[HH].[HH].[HH].[HH].[HH].[HH].[HH].[HH].[HH].[HH].[HH].[HH].[HH].[HH].[HH].[HH].[HH].[HH].[HH].[HH]. The molecule has 2 rings (SSSR count). The molecule has 0 atom stereocenters. The predicted octanol–water partition coefficient (Wildman–Crippen LogP) is 14.0. The second-order valence-corrected chi connectivity index (χ2v) is 9.99. The van der Waals surface area contributed by atoms with Crippen molar-refractivity contribution in [1.29, 1.82) is 0 Å². The Morgan fingerprint density at radius 2 is 0.561 bits per heavy atom. The van der Waals surface area contributed by atoms with Crippen LogP contribution in [-0.2, 0) is 0 Å². The van der Waals surface area contributed by atoms with Gasteiger partial charge in [0.15, 0.2) is 11.6 Å². The quantitative estimate of drug-likeness (QED) is 0.234. The van der Waals surface area contributed by atoms with Crippen molar-refractivity contribution in [3.63, 3.8) is 0 Å². The van der Waals surface area contributed by atoms with Crippen molar-refractivity contribution in [3.05, 3.63) is 47.5 Å². The summed E-state index contributed by atoms with van der Waals surface area (Å²) >= 11 is 0. The molecule has 66 heavy (non-hydrogen) atoms. The first-order chi connectivity index (χ1) is 32.3. The number of phenolic OH excluding ortho intramolecular Hbond substituents is 2. The summed E-state index contributed by atoms with van der Waals surface area (Å²) in [5, 5.41) is 17.9. The highest BCUT2D eigenvalue weighted by molar-refractivity contribution is 5.95. The number of ketones is 2. The summed E-state index contributed by atoms with van der Waals surface area (Å²) in [4.78, 5) is 22.7. The molecule has 0 aliphatic heterocycles. The summed E-state index contributed by atoms with van der Waals surface area (Å²) in [6.45, 7) is 2.76. The number of phenols is 2. The lowest BCUT2D eigenvalue weighted by atomic mass is 10.1. The normalized spacial score (nSPS) is 5.94. The molecule has 380 valence electrons. The van der Waals surface area contributed by atoms with E-state index < -0.39 is 0 Å². The van der Waals surface area contributed by atoms with Gasteiger partial charge in [0.25, 0.3) is 0 Å². The molecule has 0 saturated heterocycles. The highest BCUT2D eigenvalue weighted by Crippen LogP contribution is 2.23. The van der Waals surface area contributed by atoms with Gasteiger partial charge < -0.3 is 19.7 Å². The average Bonchev–Trinajstić information content (AvgIpc) is 3.29. The van der Waals surface area contributed by atoms with E-state index in [1.165, 1.54) is 50.2 Å². The van der Waals surface area contributed by atoms with E-state index >= 15 is 0 Å². The van der Waals surface area contributed by atoms with E-state index in [9.17, 15) is 9.59 Å². The first-order valence-electron chi connectivity index (χ1n) is 17.2. The summed E-state index contributed by atoms with van der Waals surface area (Å²) in [6.07, 6.45) is 14.7. The lowest BCUT2D eigenvalue weighted by Crippen LogP contribution is -1.95. The largest absolute Gasteiger partial charge is 0.508 e. The molecule has 2 aromatic carbocycles. The monoisotopic (exact) mass is 921 g/mol. The zero-order chi connectivity index (χ0) is 48.0. The Kier molecular flexibility index (Phi) is 28.5. The summed E-state index contributed by atoms with van der Waals surface area (Å²) in [6, 6.07) is 8.24. The second kappa shape index (κ2) is 36.6. The maximum Gasteiger partial charge on any atom is 0.160 e. The minimum atomic E-state index is -0.230. The lowest BCUT2D eigenvalue weighted by Gasteiger charge is -2.03. The van der Waals surface area contributed by atoms with Crippen LogP contribution in [0.1, 0.15) is 97.3 Å². The van der Waals surface area contributed by atoms with Gasteiger partial charge in [-0.1, -0.05) is 0 Å². The van der Waals surface area contributed by atoms with Gasteiger partial charge in [-0.3, -0.25) is 9.59 Å². The molecule has 0 saturated carbocycles. The summed E-state index contributed by atoms with van der Waals surface area (Å²) in [5.41, 5.74) is 0.618. The van der Waals surface area contributed by atoms with Gasteiger partial charge in [0.1, 0.15) is 35.2 Å². The van der Waals surface area contributed by atoms with Gasteiger partial charge >= 0.3 is 0 Å². The standard InChI is InChI=1S/C52H8O3.C8H8O3.44H2/c1-4-6-8-10-12-14-16-18-20-22-24-26-28-30-32-34-36-38-40-42-44-54-51-46-50(49(3)53)47-52(48-51)55-45-43-41-39-37-35-33-31-29-27-25-23-21-19-17-15-13-11-9-7-5-2;1-5(9)6-2-7(10)4-8(11)3-6;;;;;;;;;;;;;;;;;;;;;;;;;;;;;;;;;;;;;;;;;;;;/h1-2,46-48H,3H3;2-4,10-11H,1H3;44*1H. The van der Waals surface area contributed by atoms with E-state index in [-0.39, 0.29) is 97.3 Å². The molecule has 2 N–H and O–H groups in total. The van der Waals surface area contributed by atoms with Gasteiger partial charge in [-0.2, -0.15) is 0 Å². The molecule has 0 bridgehead atoms. The van der Waals surface area contributed by atoms with Crippen LogP contribution in [0, 0.1) is 262 Å². The van der Waals surface area contributed by atoms with Crippen molar-refractivity contribution in [3.8, 4) is 285 Å². The first kappa shape index (κ1) is 51.3. The summed E-state index contributed by atoms with van der Waals surface area (Å²) < 4.78 is 10.7. The van der Waals surface area contributed by atoms with Crippen LogP contribution in [-0.4, -0.2) is 21.8 Å². The number of aromatic hydroxyl groups is 2. The Labute approximate surface area is 450 Å². The Hall–Kier alpha value is -12.7. The van der Waals surface area contributed by atoms with Crippen LogP contribution < -0.4 is 9.47 Å². The number of ether oxygens (including phenoxy) is 2. The molecular formula is C60H104O6. The Bertz CT molecular complexity index is 3640. The maximum atomic E-state index is 11.9. The molecule has 0 aromatic heterocycles. The number of hydrogen-bond acceptors (Lipinski definition) is 6. The van der Waals surface area contributed by atoms with Crippen molar-refractivity contribution in [1.82, 2.24) is 0 Å². The van der Waals surface area contributed by atoms with Crippen molar-refractivity contribution >= 4 is 11.6 Å². The minimum Gasteiger partial charge on any atom is -0.508 e. The van der Waals surface area contributed by atoms with Gasteiger partial charge in [-0.25, -0.2) is 0 Å². The van der Waals surface area contributed by atoms with Crippen LogP contribution in [0.25, 0.3) is 0 Å². The number of hydrogen-bond donors (Lipinski definition) is 2. The van der Waals surface area contributed by atoms with Gasteiger partial charge in [0.05, 0.1) is 0 Å². The summed E-state index contributed by atoms with van der Waals surface area (Å²) in [7, 11) is 0. The fraction of sp³-hybridized carbons (Fsp3) is 0.0333. The molecular weight excluding hydrogens is 817 g/mol. The molecule has 0 aliphatic carbocycles. The van der Waals surface area contributed by atoms with E-state index in [0.29, 0.717) is 11.1 Å². The molecule has 0 fully saturated rings. The number of Topliss-reactive ketones (excluding diaryl/α,β-unsaturated/α-hetero) is 2. The average molecular weight is 921 g/mol. The van der Waals surface area contributed by atoms with E-state index in [2.05, 4.69) is 249 Å². The number of rotatable bonds is 4. The number of carbonyl (C=O) groups excluding carboxylic acids is 2. The zero-order valence-corrected chi connectivity index (χ0v) is 34.1. The van der Waals surface area contributed by atoms with E-state index in [0.717, 1.165) is 0 Å². The van der Waals surface area contributed by atoms with Gasteiger partial charge in [-0.05, 0) is 133 Å². The molecule has 0 heterocycles. The number of benzene rings is 2. The van der Waals surface area contributed by atoms with E-state index in [4.69, 9.17) is 32.5 Å². The topological polar surface area (TPSA) is 93.1 Å². The molecule has 0 amide bonds. The highest BCUT2D eigenvalue weighted by Gasteiger charge is 2.06. The summed E-state index contributed by atoms with van der Waals surface area (Å²) in [5.74, 6) is 97.8. The first-order valence-corrected chi connectivity index (χ1v) is 17.2. The van der Waals surface area contributed by atoms with Crippen molar-refractivity contribution < 1.29 is 92.0 Å². The molecule has 6 heteroatoms. The van der Waals surface area contributed by atoms with Crippen LogP contribution in [0.15, 0.2) is 36.4 Å². The third kappa shape index (κ3) is 30.4. The maximum absolute atomic E-state index is 11.9. The van der Waals surface area contributed by atoms with E-state index in [1.807, 2.05) is 0 Å². The second-order valence-electron chi connectivity index (χ2n) is 9.99. The Morgan fingerprint density at radius 1 is 0.348 bits per heavy atom. The smallest absolute Gasteiger partial charge is 0.160 e. The number of terminal acetylenes is 2. The van der Waals surface area contributed by atoms with Crippen molar-refractivity contribution in [2.45, 2.75) is 13.8 Å².